The number of benzene rings is 3. The minimum Gasteiger partial charge on any atom is -0.488 e. The van der Waals surface area contributed by atoms with E-state index in [9.17, 15) is 14.8 Å². The van der Waals surface area contributed by atoms with Gasteiger partial charge < -0.3 is 14.6 Å². The summed E-state index contributed by atoms with van der Waals surface area (Å²) in [6, 6.07) is 18.9. The van der Waals surface area contributed by atoms with E-state index >= 15 is 0 Å². The predicted octanol–water partition coefficient (Wildman–Crippen LogP) is 6.28. The number of nitrogens with zero attached hydrogens (tertiary/aromatic N) is 3. The van der Waals surface area contributed by atoms with Crippen molar-refractivity contribution < 1.29 is 19.0 Å². The molecular weight excluding hydrogens is 529 g/mol. The molecule has 1 N–H and O–H groups in total. The average molecular weight is 564 g/mol. The number of aliphatic hydroxyl groups excluding tert-OH is 1. The Hall–Kier alpha value is -4.25. The zero-order valence-electron chi connectivity index (χ0n) is 23.8. The maximum atomic E-state index is 14.6. The summed E-state index contributed by atoms with van der Waals surface area (Å²) in [6.45, 7) is 4.45. The third-order valence-electron chi connectivity index (χ3n) is 8.59. The number of aromatic nitrogens is 1. The molecule has 1 aromatic heterocycles. The molecule has 0 bridgehead atoms. The fourth-order valence-electron chi connectivity index (χ4n) is 6.09. The van der Waals surface area contributed by atoms with E-state index in [2.05, 4.69) is 16.0 Å². The lowest BCUT2D eigenvalue weighted by Crippen LogP contribution is -2.49. The largest absolute Gasteiger partial charge is 0.488 e. The van der Waals surface area contributed by atoms with E-state index in [1.165, 1.54) is 17.2 Å². The molecule has 0 radical (unpaired) electrons. The molecule has 1 saturated heterocycles. The molecule has 6 nitrogen and oxygen atoms in total. The molecular formula is C35H34FN3O3. The SMILES string of the molecule is Cc1c(COc2cc(OCc3cncc(C#N)c3)c(CN3CCC3CO)c3c2CCC3)cccc1-c1ccccc1F. The number of ether oxygens (including phenoxy) is 2. The Morgan fingerprint density at radius 1 is 1.00 bits per heavy atom. The Labute approximate surface area is 246 Å². The summed E-state index contributed by atoms with van der Waals surface area (Å²) in [4.78, 5) is 6.48. The summed E-state index contributed by atoms with van der Waals surface area (Å²) in [5, 5.41) is 19.1. The van der Waals surface area contributed by atoms with Crippen LogP contribution in [0.1, 0.15) is 51.8 Å². The second-order valence-electron chi connectivity index (χ2n) is 11.1. The minimum atomic E-state index is -0.241. The fourth-order valence-corrected chi connectivity index (χ4v) is 6.09. The van der Waals surface area contributed by atoms with Crippen molar-refractivity contribution in [2.45, 2.75) is 58.4 Å². The average Bonchev–Trinajstić information content (AvgIpc) is 3.49. The molecule has 3 aromatic carbocycles. The Morgan fingerprint density at radius 3 is 2.60 bits per heavy atom. The van der Waals surface area contributed by atoms with E-state index in [1.807, 2.05) is 37.3 Å². The maximum Gasteiger partial charge on any atom is 0.131 e. The number of halogens is 1. The lowest BCUT2D eigenvalue weighted by atomic mass is 9.96. The zero-order chi connectivity index (χ0) is 29.1. The highest BCUT2D eigenvalue weighted by molar-refractivity contribution is 5.69. The second-order valence-corrected chi connectivity index (χ2v) is 11.1. The van der Waals surface area contributed by atoms with Crippen molar-refractivity contribution in [3.05, 3.63) is 112 Å². The van der Waals surface area contributed by atoms with Crippen LogP contribution < -0.4 is 9.47 Å². The van der Waals surface area contributed by atoms with Gasteiger partial charge in [0.25, 0.3) is 0 Å². The smallest absolute Gasteiger partial charge is 0.131 e. The van der Waals surface area contributed by atoms with Gasteiger partial charge in [0.2, 0.25) is 0 Å². The van der Waals surface area contributed by atoms with Gasteiger partial charge in [0.05, 0.1) is 12.2 Å². The normalized spacial score (nSPS) is 16.0. The quantitative estimate of drug-likeness (QED) is 0.245. The van der Waals surface area contributed by atoms with Gasteiger partial charge in [0.15, 0.2) is 0 Å². The minimum absolute atomic E-state index is 0.150. The topological polar surface area (TPSA) is 78.6 Å². The molecule has 214 valence electrons. The Balaban J connectivity index is 1.31. The highest BCUT2D eigenvalue weighted by atomic mass is 19.1. The number of rotatable bonds is 10. The highest BCUT2D eigenvalue weighted by Gasteiger charge is 2.31. The molecule has 42 heavy (non-hydrogen) atoms. The van der Waals surface area contributed by atoms with Gasteiger partial charge in [-0.3, -0.25) is 9.88 Å². The molecule has 1 atom stereocenters. The third-order valence-corrected chi connectivity index (χ3v) is 8.59. The van der Waals surface area contributed by atoms with Crippen LogP contribution in [0.4, 0.5) is 4.39 Å². The summed E-state index contributed by atoms with van der Waals surface area (Å²) in [7, 11) is 0. The molecule has 0 spiro atoms. The summed E-state index contributed by atoms with van der Waals surface area (Å²) in [5.41, 5.74) is 8.38. The predicted molar refractivity (Wildman–Crippen MR) is 159 cm³/mol. The van der Waals surface area contributed by atoms with Gasteiger partial charge in [-0.05, 0) is 72.6 Å². The number of nitriles is 1. The number of pyridine rings is 1. The van der Waals surface area contributed by atoms with Gasteiger partial charge in [-0.15, -0.1) is 0 Å². The van der Waals surface area contributed by atoms with E-state index in [1.54, 1.807) is 30.6 Å². The van der Waals surface area contributed by atoms with Crippen molar-refractivity contribution in [2.24, 2.45) is 0 Å². The van der Waals surface area contributed by atoms with Crippen LogP contribution in [0, 0.1) is 24.1 Å². The van der Waals surface area contributed by atoms with Gasteiger partial charge in [-0.1, -0.05) is 36.4 Å². The number of hydrogen-bond donors (Lipinski definition) is 1. The third kappa shape index (κ3) is 5.61. The first-order valence-electron chi connectivity index (χ1n) is 14.5. The molecule has 6 rings (SSSR count). The Kier molecular flexibility index (Phi) is 8.18. The van der Waals surface area contributed by atoms with E-state index in [0.717, 1.165) is 71.5 Å². The van der Waals surface area contributed by atoms with Crippen LogP contribution in [0.25, 0.3) is 11.1 Å². The maximum absolute atomic E-state index is 14.6. The Bertz CT molecular complexity index is 1650. The molecule has 1 aliphatic carbocycles. The fraction of sp³-hybridized carbons (Fsp3) is 0.314. The number of hydrogen-bond acceptors (Lipinski definition) is 6. The lowest BCUT2D eigenvalue weighted by Gasteiger charge is -2.40. The number of fused-ring (bicyclic) bond motifs is 1. The monoisotopic (exact) mass is 563 g/mol. The molecule has 1 aliphatic heterocycles. The second kappa shape index (κ2) is 12.3. The van der Waals surface area contributed by atoms with Gasteiger partial charge in [0, 0.05) is 54.3 Å². The van der Waals surface area contributed by atoms with Crippen LogP contribution in [0.3, 0.4) is 0 Å². The van der Waals surface area contributed by atoms with Crippen molar-refractivity contribution in [3.63, 3.8) is 0 Å². The van der Waals surface area contributed by atoms with E-state index in [0.29, 0.717) is 24.3 Å². The van der Waals surface area contributed by atoms with Crippen molar-refractivity contribution in [2.75, 3.05) is 13.2 Å². The zero-order valence-corrected chi connectivity index (χ0v) is 23.8. The van der Waals surface area contributed by atoms with Crippen LogP contribution in [-0.4, -0.2) is 34.2 Å². The first-order valence-corrected chi connectivity index (χ1v) is 14.5. The van der Waals surface area contributed by atoms with Crippen molar-refractivity contribution in [1.29, 1.82) is 5.26 Å². The first kappa shape index (κ1) is 27.9. The Morgan fingerprint density at radius 2 is 1.81 bits per heavy atom. The van der Waals surface area contributed by atoms with Crippen LogP contribution in [0.15, 0.2) is 67.0 Å². The molecule has 1 unspecified atom stereocenters. The van der Waals surface area contributed by atoms with Crippen LogP contribution in [0.5, 0.6) is 11.5 Å². The molecule has 0 amide bonds. The van der Waals surface area contributed by atoms with E-state index < -0.39 is 0 Å². The standard InChI is InChI=1S/C35H34FN3O3/c1-23-26(6-4-8-28(23)30-7-2-3-11-33(30)36)22-42-34-15-35(41-21-25-14-24(16-37)17-38-18-25)32(29-9-5-10-31(29)34)19-39-13-12-27(39)20-40/h2-4,6-8,11,14-15,17-18,27,40H,5,9-10,12-13,19-22H2,1H3. The van der Waals surface area contributed by atoms with E-state index in [4.69, 9.17) is 9.47 Å². The molecule has 1 fully saturated rings. The van der Waals surface area contributed by atoms with Gasteiger partial charge in [-0.2, -0.15) is 5.26 Å². The summed E-state index contributed by atoms with van der Waals surface area (Å²) < 4.78 is 27.6. The lowest BCUT2D eigenvalue weighted by molar-refractivity contribution is 0.0346. The molecule has 2 heterocycles. The van der Waals surface area contributed by atoms with Crippen molar-refractivity contribution in [3.8, 4) is 28.7 Å². The van der Waals surface area contributed by atoms with Crippen LogP contribution >= 0.6 is 0 Å². The van der Waals surface area contributed by atoms with Crippen molar-refractivity contribution in [1.82, 2.24) is 9.88 Å². The highest BCUT2D eigenvalue weighted by Crippen LogP contribution is 2.41. The van der Waals surface area contributed by atoms with E-state index in [-0.39, 0.29) is 25.1 Å². The number of aliphatic hydroxyl groups is 1. The molecule has 4 aromatic rings. The first-order chi connectivity index (χ1) is 20.6. The summed E-state index contributed by atoms with van der Waals surface area (Å²) in [5.74, 6) is 1.33. The van der Waals surface area contributed by atoms with Gasteiger partial charge in [-0.25, -0.2) is 4.39 Å². The summed E-state index contributed by atoms with van der Waals surface area (Å²) >= 11 is 0. The van der Waals surface area contributed by atoms with Gasteiger partial charge in [0.1, 0.15) is 36.6 Å². The summed E-state index contributed by atoms with van der Waals surface area (Å²) in [6.07, 6.45) is 7.18. The molecule has 0 saturated carbocycles. The number of likely N-dealkylation sites (tertiary alicyclic amines) is 1. The van der Waals surface area contributed by atoms with Gasteiger partial charge >= 0.3 is 0 Å². The molecule has 7 heteroatoms. The van der Waals surface area contributed by atoms with Crippen LogP contribution in [0.2, 0.25) is 0 Å². The molecule has 2 aliphatic rings. The van der Waals surface area contributed by atoms with Crippen LogP contribution in [-0.2, 0) is 32.6 Å². The van der Waals surface area contributed by atoms with Crippen molar-refractivity contribution >= 4 is 0 Å².